The number of hydrogen-bond donors (Lipinski definition) is 2. The molecule has 0 atom stereocenters. The summed E-state index contributed by atoms with van der Waals surface area (Å²) in [6, 6.07) is 10.4. The maximum atomic E-state index is 11.0. The molecular formula is C18H18O6. The molecule has 24 heavy (non-hydrogen) atoms. The van der Waals surface area contributed by atoms with Crippen molar-refractivity contribution in [1.29, 1.82) is 0 Å². The van der Waals surface area contributed by atoms with E-state index in [2.05, 4.69) is 0 Å². The smallest absolute Gasteiger partial charge is 0.307 e. The predicted molar refractivity (Wildman–Crippen MR) is 87.7 cm³/mol. The highest BCUT2D eigenvalue weighted by Gasteiger charge is 2.18. The summed E-state index contributed by atoms with van der Waals surface area (Å²) < 4.78 is 10.8. The fourth-order valence-corrected chi connectivity index (χ4v) is 2.68. The van der Waals surface area contributed by atoms with E-state index in [-0.39, 0.29) is 12.8 Å². The van der Waals surface area contributed by atoms with Crippen LogP contribution in [0.1, 0.15) is 11.1 Å². The van der Waals surface area contributed by atoms with E-state index in [4.69, 9.17) is 19.7 Å². The Kier molecular flexibility index (Phi) is 5.42. The monoisotopic (exact) mass is 330 g/mol. The topological polar surface area (TPSA) is 93.1 Å². The van der Waals surface area contributed by atoms with Crippen LogP contribution in [-0.4, -0.2) is 36.4 Å². The number of carboxylic acid groups (broad SMARTS) is 2. The first kappa shape index (κ1) is 17.3. The normalized spacial score (nSPS) is 10.2. The van der Waals surface area contributed by atoms with Crippen LogP contribution >= 0.6 is 0 Å². The summed E-state index contributed by atoms with van der Waals surface area (Å²) in [6.45, 7) is 0. The molecule has 0 unspecified atom stereocenters. The van der Waals surface area contributed by atoms with E-state index < -0.39 is 11.9 Å². The van der Waals surface area contributed by atoms with E-state index in [1.54, 1.807) is 36.4 Å². The summed E-state index contributed by atoms with van der Waals surface area (Å²) in [4.78, 5) is 22.1. The Hall–Kier alpha value is -3.02. The van der Waals surface area contributed by atoms with E-state index >= 15 is 0 Å². The van der Waals surface area contributed by atoms with Crippen LogP contribution in [0.2, 0.25) is 0 Å². The number of ether oxygens (including phenoxy) is 2. The third-order valence-electron chi connectivity index (χ3n) is 3.57. The van der Waals surface area contributed by atoms with Crippen molar-refractivity contribution in [3.05, 3.63) is 47.5 Å². The molecule has 0 aliphatic rings. The van der Waals surface area contributed by atoms with E-state index in [9.17, 15) is 9.59 Å². The Morgan fingerprint density at radius 3 is 1.46 bits per heavy atom. The lowest BCUT2D eigenvalue weighted by atomic mass is 9.96. The third kappa shape index (κ3) is 3.65. The Labute approximate surface area is 139 Å². The molecule has 0 aromatic heterocycles. The Balaban J connectivity index is 2.63. The molecule has 0 saturated heterocycles. The van der Waals surface area contributed by atoms with E-state index in [1.807, 2.05) is 0 Å². The lowest BCUT2D eigenvalue weighted by molar-refractivity contribution is -0.137. The zero-order valence-corrected chi connectivity index (χ0v) is 13.4. The van der Waals surface area contributed by atoms with Crippen molar-refractivity contribution in [1.82, 2.24) is 0 Å². The third-order valence-corrected chi connectivity index (χ3v) is 3.57. The molecular weight excluding hydrogens is 312 g/mol. The fraction of sp³-hybridized carbons (Fsp3) is 0.222. The van der Waals surface area contributed by atoms with Gasteiger partial charge < -0.3 is 19.7 Å². The summed E-state index contributed by atoms with van der Waals surface area (Å²) in [5, 5.41) is 18.1. The molecule has 0 bridgehead atoms. The molecule has 2 N–H and O–H groups in total. The average Bonchev–Trinajstić information content (AvgIpc) is 2.53. The number of para-hydroxylation sites is 2. The van der Waals surface area contributed by atoms with Gasteiger partial charge in [-0.1, -0.05) is 36.4 Å². The number of rotatable bonds is 7. The van der Waals surface area contributed by atoms with Gasteiger partial charge in [0, 0.05) is 22.3 Å². The van der Waals surface area contributed by atoms with Crippen LogP contribution in [0.15, 0.2) is 36.4 Å². The molecule has 0 saturated carbocycles. The van der Waals surface area contributed by atoms with Gasteiger partial charge >= 0.3 is 11.9 Å². The molecule has 2 aromatic rings. The molecule has 0 radical (unpaired) electrons. The first-order valence-corrected chi connectivity index (χ1v) is 7.23. The number of carbonyl (C=O) groups is 2. The number of carboxylic acids is 2. The number of benzene rings is 2. The molecule has 0 amide bonds. The van der Waals surface area contributed by atoms with E-state index in [1.165, 1.54) is 14.2 Å². The molecule has 0 heterocycles. The minimum absolute atomic E-state index is 0.172. The first-order chi connectivity index (χ1) is 11.5. The molecule has 126 valence electrons. The van der Waals surface area contributed by atoms with Gasteiger partial charge in [0.05, 0.1) is 27.1 Å². The quantitative estimate of drug-likeness (QED) is 0.810. The maximum absolute atomic E-state index is 11.0. The Morgan fingerprint density at radius 1 is 0.792 bits per heavy atom. The average molecular weight is 330 g/mol. The van der Waals surface area contributed by atoms with Gasteiger partial charge in [-0.15, -0.1) is 0 Å². The van der Waals surface area contributed by atoms with Gasteiger partial charge in [0.25, 0.3) is 0 Å². The van der Waals surface area contributed by atoms with Crippen LogP contribution in [0.5, 0.6) is 11.5 Å². The van der Waals surface area contributed by atoms with Crippen molar-refractivity contribution >= 4 is 11.9 Å². The van der Waals surface area contributed by atoms with Gasteiger partial charge in [0.2, 0.25) is 0 Å². The van der Waals surface area contributed by atoms with Gasteiger partial charge in [-0.3, -0.25) is 9.59 Å². The molecule has 0 aliphatic heterocycles. The molecule has 0 fully saturated rings. The van der Waals surface area contributed by atoms with Crippen LogP contribution in [-0.2, 0) is 22.4 Å². The highest BCUT2D eigenvalue weighted by Crippen LogP contribution is 2.40. The molecule has 6 nitrogen and oxygen atoms in total. The van der Waals surface area contributed by atoms with Gasteiger partial charge in [-0.05, 0) is 0 Å². The van der Waals surface area contributed by atoms with Crippen LogP contribution in [0.4, 0.5) is 0 Å². The lowest BCUT2D eigenvalue weighted by Gasteiger charge is -2.17. The number of aliphatic carboxylic acids is 2. The van der Waals surface area contributed by atoms with Gasteiger partial charge in [-0.25, -0.2) is 0 Å². The molecule has 2 rings (SSSR count). The second-order valence-corrected chi connectivity index (χ2v) is 5.14. The second-order valence-electron chi connectivity index (χ2n) is 5.14. The second kappa shape index (κ2) is 7.50. The highest BCUT2D eigenvalue weighted by molar-refractivity contribution is 5.82. The lowest BCUT2D eigenvalue weighted by Crippen LogP contribution is -2.05. The van der Waals surface area contributed by atoms with Crippen molar-refractivity contribution in [2.24, 2.45) is 0 Å². The summed E-state index contributed by atoms with van der Waals surface area (Å²) in [5.41, 5.74) is 2.38. The van der Waals surface area contributed by atoms with Crippen LogP contribution < -0.4 is 9.47 Å². The van der Waals surface area contributed by atoms with Crippen molar-refractivity contribution in [3.8, 4) is 22.6 Å². The first-order valence-electron chi connectivity index (χ1n) is 7.23. The molecule has 2 aromatic carbocycles. The van der Waals surface area contributed by atoms with Crippen LogP contribution in [0, 0.1) is 0 Å². The fourth-order valence-electron chi connectivity index (χ4n) is 2.68. The number of methoxy groups -OCH3 is 2. The minimum Gasteiger partial charge on any atom is -0.496 e. The molecule has 6 heteroatoms. The Bertz CT molecular complexity index is 701. The predicted octanol–water partition coefficient (Wildman–Crippen LogP) is 2.62. The van der Waals surface area contributed by atoms with Crippen LogP contribution in [0.25, 0.3) is 11.1 Å². The van der Waals surface area contributed by atoms with Crippen LogP contribution in [0.3, 0.4) is 0 Å². The Morgan fingerprint density at radius 2 is 1.17 bits per heavy atom. The standard InChI is InChI=1S/C18H18O6/c1-23-17-11(9-15(19)20)5-3-7-13(17)14-8-4-6-12(10-16(21)22)18(14)24-2/h3-8H,9-10H2,1-2H3,(H,19,20)(H,21,22). The molecule has 0 aliphatic carbocycles. The number of hydrogen-bond acceptors (Lipinski definition) is 4. The summed E-state index contributed by atoms with van der Waals surface area (Å²) >= 11 is 0. The van der Waals surface area contributed by atoms with Crippen molar-refractivity contribution in [2.45, 2.75) is 12.8 Å². The van der Waals surface area contributed by atoms with Crippen molar-refractivity contribution in [2.75, 3.05) is 14.2 Å². The summed E-state index contributed by atoms with van der Waals surface area (Å²) in [7, 11) is 2.94. The van der Waals surface area contributed by atoms with E-state index in [0.29, 0.717) is 33.8 Å². The largest absolute Gasteiger partial charge is 0.496 e. The minimum atomic E-state index is -0.961. The van der Waals surface area contributed by atoms with Gasteiger partial charge in [-0.2, -0.15) is 0 Å². The zero-order valence-electron chi connectivity index (χ0n) is 13.4. The maximum Gasteiger partial charge on any atom is 0.307 e. The van der Waals surface area contributed by atoms with Gasteiger partial charge in [0.15, 0.2) is 0 Å². The van der Waals surface area contributed by atoms with E-state index in [0.717, 1.165) is 0 Å². The van der Waals surface area contributed by atoms with Crippen molar-refractivity contribution in [3.63, 3.8) is 0 Å². The highest BCUT2D eigenvalue weighted by atomic mass is 16.5. The van der Waals surface area contributed by atoms with Gasteiger partial charge in [0.1, 0.15) is 11.5 Å². The molecule has 0 spiro atoms. The SMILES string of the molecule is COc1c(CC(=O)O)cccc1-c1cccc(CC(=O)O)c1OC. The zero-order chi connectivity index (χ0) is 17.7. The summed E-state index contributed by atoms with van der Waals surface area (Å²) in [6.07, 6.45) is -0.345. The summed E-state index contributed by atoms with van der Waals surface area (Å²) in [5.74, 6) is -1.05. The van der Waals surface area contributed by atoms with Crippen molar-refractivity contribution < 1.29 is 29.3 Å².